The molecule has 0 spiro atoms. The van der Waals surface area contributed by atoms with Crippen LogP contribution in [0.1, 0.15) is 10.4 Å². The molecule has 0 saturated carbocycles. The SMILES string of the molecule is CNC(=O)CN(C)C(=O)COC(=O)c1ccc(O)cc1. The molecule has 1 rings (SSSR count). The van der Waals surface area contributed by atoms with Crippen LogP contribution >= 0.6 is 0 Å². The van der Waals surface area contributed by atoms with Crippen molar-refractivity contribution in [2.24, 2.45) is 0 Å². The van der Waals surface area contributed by atoms with Gasteiger partial charge in [0.2, 0.25) is 5.91 Å². The average molecular weight is 280 g/mol. The van der Waals surface area contributed by atoms with Crippen LogP contribution in [0, 0.1) is 0 Å². The Kier molecular flexibility index (Phi) is 5.52. The molecule has 7 nitrogen and oxygen atoms in total. The smallest absolute Gasteiger partial charge is 0.338 e. The van der Waals surface area contributed by atoms with Gasteiger partial charge in [-0.15, -0.1) is 0 Å². The monoisotopic (exact) mass is 280 g/mol. The lowest BCUT2D eigenvalue weighted by Gasteiger charge is -2.15. The van der Waals surface area contributed by atoms with E-state index in [1.165, 1.54) is 38.4 Å². The van der Waals surface area contributed by atoms with Crippen molar-refractivity contribution < 1.29 is 24.2 Å². The number of ether oxygens (including phenoxy) is 1. The number of carbonyl (C=O) groups is 3. The summed E-state index contributed by atoms with van der Waals surface area (Å²) in [5.74, 6) is -1.44. The summed E-state index contributed by atoms with van der Waals surface area (Å²) in [6.07, 6.45) is 0. The number of hydrogen-bond acceptors (Lipinski definition) is 5. The summed E-state index contributed by atoms with van der Waals surface area (Å²) < 4.78 is 4.82. The quantitative estimate of drug-likeness (QED) is 0.725. The van der Waals surface area contributed by atoms with Crippen molar-refractivity contribution in [2.75, 3.05) is 27.2 Å². The van der Waals surface area contributed by atoms with Gasteiger partial charge in [0.05, 0.1) is 12.1 Å². The molecule has 0 unspecified atom stereocenters. The van der Waals surface area contributed by atoms with Crippen LogP contribution in [0.4, 0.5) is 0 Å². The third kappa shape index (κ3) is 4.60. The summed E-state index contributed by atoms with van der Waals surface area (Å²) in [5, 5.41) is 11.5. The summed E-state index contributed by atoms with van der Waals surface area (Å²) >= 11 is 0. The molecule has 0 aliphatic rings. The van der Waals surface area contributed by atoms with E-state index in [9.17, 15) is 14.4 Å². The standard InChI is InChI=1S/C13H16N2O5/c1-14-11(17)7-15(2)12(18)8-20-13(19)9-3-5-10(16)6-4-9/h3-6,16H,7-8H2,1-2H3,(H,14,17). The third-order valence-corrected chi connectivity index (χ3v) is 2.52. The zero-order chi connectivity index (χ0) is 15.1. The van der Waals surface area contributed by atoms with E-state index in [1.54, 1.807) is 0 Å². The summed E-state index contributed by atoms with van der Waals surface area (Å²) in [6, 6.07) is 5.46. The predicted molar refractivity (Wildman–Crippen MR) is 70.1 cm³/mol. The van der Waals surface area contributed by atoms with E-state index in [0.717, 1.165) is 4.90 Å². The number of likely N-dealkylation sites (N-methyl/N-ethyl adjacent to an activating group) is 2. The molecule has 0 heterocycles. The van der Waals surface area contributed by atoms with Gasteiger partial charge < -0.3 is 20.1 Å². The van der Waals surface area contributed by atoms with Gasteiger partial charge in [-0.3, -0.25) is 9.59 Å². The molecular weight excluding hydrogens is 264 g/mol. The molecule has 0 aromatic heterocycles. The lowest BCUT2D eigenvalue weighted by molar-refractivity contribution is -0.137. The van der Waals surface area contributed by atoms with Crippen LogP contribution in [0.5, 0.6) is 5.75 Å². The van der Waals surface area contributed by atoms with Crippen LogP contribution in [-0.2, 0) is 14.3 Å². The number of carbonyl (C=O) groups excluding carboxylic acids is 3. The minimum atomic E-state index is -0.674. The highest BCUT2D eigenvalue weighted by Gasteiger charge is 2.15. The van der Waals surface area contributed by atoms with Gasteiger partial charge in [0.25, 0.3) is 5.91 Å². The predicted octanol–water partition coefficient (Wildman–Crippen LogP) is -0.247. The molecule has 0 atom stereocenters. The van der Waals surface area contributed by atoms with E-state index in [0.29, 0.717) is 0 Å². The Hall–Kier alpha value is -2.57. The summed E-state index contributed by atoms with van der Waals surface area (Å²) in [4.78, 5) is 35.5. The molecule has 0 aliphatic carbocycles. The van der Waals surface area contributed by atoms with Gasteiger partial charge in [-0.2, -0.15) is 0 Å². The van der Waals surface area contributed by atoms with Gasteiger partial charge in [0, 0.05) is 14.1 Å². The Morgan fingerprint density at radius 3 is 2.40 bits per heavy atom. The summed E-state index contributed by atoms with van der Waals surface area (Å²) in [5.41, 5.74) is 0.226. The normalized spacial score (nSPS) is 9.70. The molecule has 0 saturated heterocycles. The first-order valence-electron chi connectivity index (χ1n) is 5.84. The number of esters is 1. The molecule has 0 bridgehead atoms. The van der Waals surface area contributed by atoms with Gasteiger partial charge in [0.15, 0.2) is 6.61 Å². The third-order valence-electron chi connectivity index (χ3n) is 2.52. The molecular formula is C13H16N2O5. The number of phenolic OH excluding ortho intramolecular Hbond substituents is 1. The molecule has 0 radical (unpaired) electrons. The van der Waals surface area contributed by atoms with Crippen molar-refractivity contribution in [2.45, 2.75) is 0 Å². The molecule has 0 fully saturated rings. The number of nitrogens with one attached hydrogen (secondary N) is 1. The van der Waals surface area contributed by atoms with E-state index in [4.69, 9.17) is 9.84 Å². The molecule has 1 aromatic carbocycles. The maximum Gasteiger partial charge on any atom is 0.338 e. The second-order valence-corrected chi connectivity index (χ2v) is 4.05. The average Bonchev–Trinajstić information content (AvgIpc) is 2.44. The molecule has 7 heteroatoms. The van der Waals surface area contributed by atoms with E-state index in [1.807, 2.05) is 0 Å². The first kappa shape index (κ1) is 15.5. The second kappa shape index (κ2) is 7.13. The fourth-order valence-electron chi connectivity index (χ4n) is 1.30. The van der Waals surface area contributed by atoms with E-state index in [-0.39, 0.29) is 23.8 Å². The zero-order valence-electron chi connectivity index (χ0n) is 11.3. The highest BCUT2D eigenvalue weighted by Crippen LogP contribution is 2.10. The van der Waals surface area contributed by atoms with E-state index in [2.05, 4.69) is 5.32 Å². The topological polar surface area (TPSA) is 95.9 Å². The molecule has 108 valence electrons. The highest BCUT2D eigenvalue weighted by atomic mass is 16.5. The van der Waals surface area contributed by atoms with Gasteiger partial charge in [0.1, 0.15) is 5.75 Å². The maximum atomic E-state index is 11.6. The second-order valence-electron chi connectivity index (χ2n) is 4.05. The van der Waals surface area contributed by atoms with Crippen LogP contribution < -0.4 is 5.32 Å². The first-order chi connectivity index (χ1) is 9.43. The highest BCUT2D eigenvalue weighted by molar-refractivity contribution is 5.92. The largest absolute Gasteiger partial charge is 0.508 e. The Labute approximate surface area is 116 Å². The number of nitrogens with zero attached hydrogens (tertiary/aromatic N) is 1. The van der Waals surface area contributed by atoms with Crippen LogP contribution in [0.3, 0.4) is 0 Å². The van der Waals surface area contributed by atoms with E-state index < -0.39 is 18.5 Å². The van der Waals surface area contributed by atoms with Gasteiger partial charge in [-0.1, -0.05) is 0 Å². The van der Waals surface area contributed by atoms with Crippen molar-refractivity contribution in [3.05, 3.63) is 29.8 Å². The fourth-order valence-corrected chi connectivity index (χ4v) is 1.30. The Morgan fingerprint density at radius 1 is 1.25 bits per heavy atom. The van der Waals surface area contributed by atoms with Crippen LogP contribution in [0.25, 0.3) is 0 Å². The van der Waals surface area contributed by atoms with Crippen LogP contribution in [0.2, 0.25) is 0 Å². The van der Waals surface area contributed by atoms with Gasteiger partial charge in [-0.25, -0.2) is 4.79 Å². The number of aromatic hydroxyl groups is 1. The molecule has 20 heavy (non-hydrogen) atoms. The Morgan fingerprint density at radius 2 is 1.85 bits per heavy atom. The van der Waals surface area contributed by atoms with Gasteiger partial charge >= 0.3 is 5.97 Å². The van der Waals surface area contributed by atoms with Crippen LogP contribution in [0.15, 0.2) is 24.3 Å². The van der Waals surface area contributed by atoms with Crippen molar-refractivity contribution in [3.8, 4) is 5.75 Å². The van der Waals surface area contributed by atoms with Crippen molar-refractivity contribution >= 4 is 17.8 Å². The first-order valence-corrected chi connectivity index (χ1v) is 5.84. The Balaban J connectivity index is 2.46. The minimum Gasteiger partial charge on any atom is -0.508 e. The number of phenols is 1. The summed E-state index contributed by atoms with van der Waals surface area (Å²) in [7, 11) is 2.90. The fraction of sp³-hybridized carbons (Fsp3) is 0.308. The molecule has 2 amide bonds. The number of rotatable bonds is 5. The molecule has 1 aromatic rings. The number of benzene rings is 1. The lowest BCUT2D eigenvalue weighted by Crippen LogP contribution is -2.39. The minimum absolute atomic E-state index is 0.0305. The van der Waals surface area contributed by atoms with Crippen molar-refractivity contribution in [1.82, 2.24) is 10.2 Å². The Bertz CT molecular complexity index is 498. The summed E-state index contributed by atoms with van der Waals surface area (Å²) in [6.45, 7) is -0.556. The van der Waals surface area contributed by atoms with E-state index >= 15 is 0 Å². The number of amides is 2. The van der Waals surface area contributed by atoms with Crippen LogP contribution in [-0.4, -0.2) is 55.0 Å². The van der Waals surface area contributed by atoms with Crippen molar-refractivity contribution in [3.63, 3.8) is 0 Å². The number of hydrogen-bond donors (Lipinski definition) is 2. The molecule has 0 aliphatic heterocycles. The lowest BCUT2D eigenvalue weighted by atomic mass is 10.2. The molecule has 2 N–H and O–H groups in total. The maximum absolute atomic E-state index is 11.6. The zero-order valence-corrected chi connectivity index (χ0v) is 11.3. The van der Waals surface area contributed by atoms with Gasteiger partial charge in [-0.05, 0) is 24.3 Å². The van der Waals surface area contributed by atoms with Crippen molar-refractivity contribution in [1.29, 1.82) is 0 Å².